The molecule has 0 aliphatic rings. The smallest absolute Gasteiger partial charge is 0.261 e. The predicted octanol–water partition coefficient (Wildman–Crippen LogP) is 3.20. The number of sulfonamides is 1. The lowest BCUT2D eigenvalue weighted by Crippen LogP contribution is -2.12. The lowest BCUT2D eigenvalue weighted by molar-refractivity contribution is 0.601. The van der Waals surface area contributed by atoms with Crippen molar-refractivity contribution in [2.75, 3.05) is 17.1 Å². The zero-order valence-corrected chi connectivity index (χ0v) is 16.3. The highest BCUT2D eigenvalue weighted by molar-refractivity contribution is 7.92. The second kappa shape index (κ2) is 7.66. The van der Waals surface area contributed by atoms with Crippen LogP contribution in [-0.4, -0.2) is 30.4 Å². The summed E-state index contributed by atoms with van der Waals surface area (Å²) in [5.41, 5.74) is 2.56. The van der Waals surface area contributed by atoms with Crippen LogP contribution < -0.4 is 10.0 Å². The molecule has 0 aliphatic heterocycles. The third kappa shape index (κ3) is 3.90. The van der Waals surface area contributed by atoms with Gasteiger partial charge in [0.2, 0.25) is 0 Å². The van der Waals surface area contributed by atoms with Gasteiger partial charge in [-0.15, -0.1) is 0 Å². The Kier molecular flexibility index (Phi) is 4.89. The molecule has 4 rings (SSSR count). The van der Waals surface area contributed by atoms with Crippen LogP contribution in [-0.2, 0) is 10.0 Å². The van der Waals surface area contributed by atoms with E-state index in [9.17, 15) is 8.42 Å². The fourth-order valence-electron chi connectivity index (χ4n) is 2.86. The molecule has 0 amide bonds. The summed E-state index contributed by atoms with van der Waals surface area (Å²) in [6, 6.07) is 15.2. The molecule has 0 fully saturated rings. The number of rotatable bonds is 4. The maximum Gasteiger partial charge on any atom is 0.261 e. The van der Waals surface area contributed by atoms with Crippen LogP contribution in [0.5, 0.6) is 0 Å². The summed E-state index contributed by atoms with van der Waals surface area (Å²) in [5, 5.41) is 3.84. The second-order valence-corrected chi connectivity index (χ2v) is 7.83. The Hall–Kier alpha value is -3.83. The molecule has 2 heterocycles. The number of hydrogen-bond acceptors (Lipinski definition) is 5. The molecule has 0 spiro atoms. The quantitative estimate of drug-likeness (QED) is 0.455. The van der Waals surface area contributed by atoms with Crippen LogP contribution in [0.3, 0.4) is 0 Å². The van der Waals surface area contributed by atoms with Gasteiger partial charge in [-0.3, -0.25) is 4.72 Å². The van der Waals surface area contributed by atoms with Gasteiger partial charge in [0.1, 0.15) is 17.8 Å². The molecule has 0 radical (unpaired) electrons. The molecule has 3 N–H and O–H groups in total. The largest absolute Gasteiger partial charge is 0.372 e. The number of hydrogen-bond donors (Lipinski definition) is 3. The van der Waals surface area contributed by atoms with E-state index >= 15 is 0 Å². The predicted molar refractivity (Wildman–Crippen MR) is 113 cm³/mol. The average molecular weight is 403 g/mol. The number of aromatic nitrogens is 3. The van der Waals surface area contributed by atoms with Crippen molar-refractivity contribution >= 4 is 32.6 Å². The Morgan fingerprint density at radius 3 is 2.62 bits per heavy atom. The van der Waals surface area contributed by atoms with Crippen molar-refractivity contribution < 1.29 is 8.42 Å². The van der Waals surface area contributed by atoms with E-state index < -0.39 is 10.0 Å². The summed E-state index contributed by atoms with van der Waals surface area (Å²) in [7, 11) is -1.87. The molecule has 0 atom stereocenters. The van der Waals surface area contributed by atoms with Gasteiger partial charge >= 0.3 is 0 Å². The van der Waals surface area contributed by atoms with Gasteiger partial charge in [0.05, 0.1) is 21.5 Å². The topological polar surface area (TPSA) is 99.8 Å². The van der Waals surface area contributed by atoms with Gasteiger partial charge in [-0.1, -0.05) is 36.1 Å². The number of nitrogens with zero attached hydrogens (tertiary/aromatic N) is 2. The van der Waals surface area contributed by atoms with Crippen molar-refractivity contribution in [2.45, 2.75) is 4.90 Å². The minimum Gasteiger partial charge on any atom is -0.372 e. The normalized spacial score (nSPS) is 10.9. The lowest BCUT2D eigenvalue weighted by atomic mass is 10.1. The van der Waals surface area contributed by atoms with Crippen LogP contribution in [0, 0.1) is 11.8 Å². The van der Waals surface area contributed by atoms with E-state index in [1.165, 1.54) is 6.33 Å². The van der Waals surface area contributed by atoms with Gasteiger partial charge in [0, 0.05) is 18.8 Å². The van der Waals surface area contributed by atoms with Crippen molar-refractivity contribution in [3.8, 4) is 11.8 Å². The molecule has 2 aromatic carbocycles. The van der Waals surface area contributed by atoms with Crippen molar-refractivity contribution in [1.29, 1.82) is 0 Å². The Morgan fingerprint density at radius 1 is 1.00 bits per heavy atom. The van der Waals surface area contributed by atoms with E-state index in [1.807, 2.05) is 6.07 Å². The molecular weight excluding hydrogens is 386 g/mol. The zero-order valence-electron chi connectivity index (χ0n) is 15.5. The van der Waals surface area contributed by atoms with E-state index in [0.717, 1.165) is 10.9 Å². The fraction of sp³-hybridized carbons (Fsp3) is 0.0476. The van der Waals surface area contributed by atoms with Crippen molar-refractivity contribution in [3.05, 3.63) is 78.2 Å². The van der Waals surface area contributed by atoms with E-state index in [4.69, 9.17) is 0 Å². The van der Waals surface area contributed by atoms with E-state index in [0.29, 0.717) is 22.7 Å². The SMILES string of the molecule is CNc1ncnc2[nH]cc(C#Cc3cccc(NS(=O)(=O)c4ccccc4)c3)c12. The van der Waals surface area contributed by atoms with Crippen molar-refractivity contribution in [1.82, 2.24) is 15.0 Å². The molecule has 2 aromatic heterocycles. The van der Waals surface area contributed by atoms with Gasteiger partial charge in [0.15, 0.2) is 0 Å². The molecule has 0 saturated carbocycles. The van der Waals surface area contributed by atoms with Crippen LogP contribution in [0.1, 0.15) is 11.1 Å². The molecule has 8 heteroatoms. The van der Waals surface area contributed by atoms with Crippen molar-refractivity contribution in [3.63, 3.8) is 0 Å². The van der Waals surface area contributed by atoms with E-state index in [1.54, 1.807) is 61.8 Å². The Balaban J connectivity index is 1.63. The summed E-state index contributed by atoms with van der Waals surface area (Å²) in [6.07, 6.45) is 3.25. The summed E-state index contributed by atoms with van der Waals surface area (Å²) >= 11 is 0. The minimum absolute atomic E-state index is 0.204. The van der Waals surface area contributed by atoms with Gasteiger partial charge in [0.25, 0.3) is 10.0 Å². The van der Waals surface area contributed by atoms with Gasteiger partial charge in [-0.2, -0.15) is 0 Å². The molecule has 4 aromatic rings. The number of H-pyrrole nitrogens is 1. The molecule has 0 unspecified atom stereocenters. The summed E-state index contributed by atoms with van der Waals surface area (Å²) in [5.74, 6) is 6.86. The molecular formula is C21H17N5O2S. The highest BCUT2D eigenvalue weighted by Gasteiger charge is 2.13. The molecule has 0 aliphatic carbocycles. The lowest BCUT2D eigenvalue weighted by Gasteiger charge is -2.08. The molecule has 0 saturated heterocycles. The molecule has 144 valence electrons. The van der Waals surface area contributed by atoms with Crippen LogP contribution in [0.15, 0.2) is 72.0 Å². The number of nitrogens with one attached hydrogen (secondary N) is 3. The fourth-order valence-corrected chi connectivity index (χ4v) is 3.94. The molecule has 29 heavy (non-hydrogen) atoms. The van der Waals surface area contributed by atoms with Crippen LogP contribution in [0.25, 0.3) is 11.0 Å². The van der Waals surface area contributed by atoms with Crippen LogP contribution in [0.2, 0.25) is 0 Å². The average Bonchev–Trinajstić information content (AvgIpc) is 3.16. The number of benzene rings is 2. The number of fused-ring (bicyclic) bond motifs is 1. The highest BCUT2D eigenvalue weighted by atomic mass is 32.2. The monoisotopic (exact) mass is 403 g/mol. The first-order valence-corrected chi connectivity index (χ1v) is 10.2. The first kappa shape index (κ1) is 18.5. The third-order valence-corrected chi connectivity index (χ3v) is 5.61. The second-order valence-electron chi connectivity index (χ2n) is 6.15. The summed E-state index contributed by atoms with van der Waals surface area (Å²) in [4.78, 5) is 11.7. The summed E-state index contributed by atoms with van der Waals surface area (Å²) in [6.45, 7) is 0. The maximum absolute atomic E-state index is 12.5. The third-order valence-electron chi connectivity index (χ3n) is 4.22. The zero-order chi connectivity index (χ0) is 20.3. The van der Waals surface area contributed by atoms with Crippen molar-refractivity contribution in [2.24, 2.45) is 0 Å². The first-order chi connectivity index (χ1) is 14.1. The van der Waals surface area contributed by atoms with Gasteiger partial charge in [-0.05, 0) is 30.3 Å². The molecule has 7 nitrogen and oxygen atoms in total. The van der Waals surface area contributed by atoms with Crippen LogP contribution in [0.4, 0.5) is 11.5 Å². The minimum atomic E-state index is -3.65. The Bertz CT molecular complexity index is 1340. The number of aromatic amines is 1. The maximum atomic E-state index is 12.5. The summed E-state index contributed by atoms with van der Waals surface area (Å²) < 4.78 is 27.6. The first-order valence-electron chi connectivity index (χ1n) is 8.76. The van der Waals surface area contributed by atoms with E-state index in [2.05, 4.69) is 36.8 Å². The Morgan fingerprint density at radius 2 is 1.83 bits per heavy atom. The molecule has 0 bridgehead atoms. The highest BCUT2D eigenvalue weighted by Crippen LogP contribution is 2.22. The van der Waals surface area contributed by atoms with Gasteiger partial charge < -0.3 is 10.3 Å². The Labute approximate surface area is 168 Å². The van der Waals surface area contributed by atoms with Gasteiger partial charge in [-0.25, -0.2) is 18.4 Å². The number of anilines is 2. The standard InChI is InChI=1S/C21H17N5O2S/c1-22-20-19-16(13-23-21(19)25-14-24-20)11-10-15-6-5-7-17(12-15)26-29(27,28)18-8-3-2-4-9-18/h2-9,12-14,26H,1H3,(H2,22,23,24,25). The van der Waals surface area contributed by atoms with Crippen LogP contribution >= 0.6 is 0 Å². The van der Waals surface area contributed by atoms with E-state index in [-0.39, 0.29) is 4.90 Å².